The third-order valence-corrected chi connectivity index (χ3v) is 2.60. The van der Waals surface area contributed by atoms with Crippen LogP contribution in [0.2, 0.25) is 0 Å². The zero-order chi connectivity index (χ0) is 13.5. The summed E-state index contributed by atoms with van der Waals surface area (Å²) in [5.41, 5.74) is 0.642. The van der Waals surface area contributed by atoms with Gasteiger partial charge < -0.3 is 10.1 Å². The number of rotatable bonds is 5. The number of amides is 1. The first kappa shape index (κ1) is 14.0. The van der Waals surface area contributed by atoms with Crippen molar-refractivity contribution in [3.63, 3.8) is 0 Å². The zero-order valence-corrected chi connectivity index (χ0v) is 10.9. The lowest BCUT2D eigenvalue weighted by molar-refractivity contribution is -0.117. The maximum atomic E-state index is 11.6. The van der Waals surface area contributed by atoms with Crippen LogP contribution in [0.15, 0.2) is 24.3 Å². The molecule has 0 saturated heterocycles. The van der Waals surface area contributed by atoms with Crippen molar-refractivity contribution in [2.24, 2.45) is 5.92 Å². The fourth-order valence-corrected chi connectivity index (χ4v) is 1.27. The summed E-state index contributed by atoms with van der Waals surface area (Å²) >= 11 is 0. The van der Waals surface area contributed by atoms with E-state index in [0.29, 0.717) is 11.4 Å². The van der Waals surface area contributed by atoms with E-state index in [-0.39, 0.29) is 12.0 Å². The quantitative estimate of drug-likeness (QED) is 0.868. The van der Waals surface area contributed by atoms with Crippen molar-refractivity contribution in [1.82, 2.24) is 0 Å². The van der Waals surface area contributed by atoms with Gasteiger partial charge in [-0.3, -0.25) is 4.79 Å². The molecular weight excluding hydrogens is 228 g/mol. The normalized spacial score (nSPS) is 13.2. The molecule has 1 N–H and O–H groups in total. The first-order chi connectivity index (χ1) is 8.56. The van der Waals surface area contributed by atoms with Gasteiger partial charge in [0.15, 0.2) is 0 Å². The van der Waals surface area contributed by atoms with Gasteiger partial charge in [-0.05, 0) is 32.4 Å². The number of hydrogen-bond acceptors (Lipinski definition) is 3. The van der Waals surface area contributed by atoms with E-state index in [4.69, 9.17) is 10.00 Å². The van der Waals surface area contributed by atoms with Gasteiger partial charge in [-0.2, -0.15) is 5.26 Å². The second-order valence-corrected chi connectivity index (χ2v) is 4.20. The predicted octanol–water partition coefficient (Wildman–Crippen LogP) is 2.96. The van der Waals surface area contributed by atoms with E-state index in [1.54, 1.807) is 19.1 Å². The number of carbonyl (C=O) groups is 1. The largest absolute Gasteiger partial charge is 0.491 e. The molecule has 0 saturated carbocycles. The number of hydrogen-bond donors (Lipinski definition) is 1. The lowest BCUT2D eigenvalue weighted by Gasteiger charge is -2.13. The number of nitriles is 1. The first-order valence-electron chi connectivity index (χ1n) is 6.04. The van der Waals surface area contributed by atoms with Gasteiger partial charge in [-0.15, -0.1) is 0 Å². The summed E-state index contributed by atoms with van der Waals surface area (Å²) in [6.45, 7) is 5.60. The Hall–Kier alpha value is -2.02. The molecule has 0 aliphatic heterocycles. The topological polar surface area (TPSA) is 62.1 Å². The maximum Gasteiger partial charge on any atom is 0.241 e. The fourth-order valence-electron chi connectivity index (χ4n) is 1.27. The van der Waals surface area contributed by atoms with Crippen LogP contribution in [-0.4, -0.2) is 12.0 Å². The van der Waals surface area contributed by atoms with Crippen molar-refractivity contribution >= 4 is 11.6 Å². The van der Waals surface area contributed by atoms with Gasteiger partial charge in [-0.25, -0.2) is 0 Å². The summed E-state index contributed by atoms with van der Waals surface area (Å²) in [4.78, 5) is 11.6. The first-order valence-corrected chi connectivity index (χ1v) is 6.04. The van der Waals surface area contributed by atoms with Crippen LogP contribution < -0.4 is 10.1 Å². The summed E-state index contributed by atoms with van der Waals surface area (Å²) in [6, 6.07) is 9.08. The van der Waals surface area contributed by atoms with E-state index < -0.39 is 5.92 Å². The summed E-state index contributed by atoms with van der Waals surface area (Å²) in [5.74, 6) is -0.255. The highest BCUT2D eigenvalue weighted by Gasteiger charge is 2.11. The Morgan fingerprint density at radius 3 is 2.83 bits per heavy atom. The molecular formula is C14H18N2O2. The molecule has 0 spiro atoms. The number of ether oxygens (including phenoxy) is 1. The smallest absolute Gasteiger partial charge is 0.241 e. The average Bonchev–Trinajstić information content (AvgIpc) is 2.37. The van der Waals surface area contributed by atoms with Gasteiger partial charge in [0.1, 0.15) is 11.7 Å². The molecule has 18 heavy (non-hydrogen) atoms. The summed E-state index contributed by atoms with van der Waals surface area (Å²) in [6.07, 6.45) is 1.05. The Bertz CT molecular complexity index is 451. The minimum atomic E-state index is -0.663. The van der Waals surface area contributed by atoms with Gasteiger partial charge in [0.2, 0.25) is 5.91 Å². The molecule has 96 valence electrons. The molecule has 2 atom stereocenters. The van der Waals surface area contributed by atoms with Crippen LogP contribution >= 0.6 is 0 Å². The standard InChI is InChI=1S/C14H18N2O2/c1-4-11(3)18-13-7-5-6-12(8-13)16-14(17)10(2)9-15/h5-8,10-11H,4H2,1-3H3,(H,16,17). The van der Waals surface area contributed by atoms with E-state index in [2.05, 4.69) is 5.32 Å². The van der Waals surface area contributed by atoms with E-state index in [0.717, 1.165) is 6.42 Å². The molecule has 0 fully saturated rings. The lowest BCUT2D eigenvalue weighted by atomic mass is 10.2. The van der Waals surface area contributed by atoms with E-state index in [1.807, 2.05) is 32.0 Å². The number of anilines is 1. The number of carbonyl (C=O) groups excluding carboxylic acids is 1. The van der Waals surface area contributed by atoms with Crippen LogP contribution in [0.3, 0.4) is 0 Å². The van der Waals surface area contributed by atoms with Gasteiger partial charge in [-0.1, -0.05) is 13.0 Å². The molecule has 4 heteroatoms. The molecule has 0 aliphatic carbocycles. The Morgan fingerprint density at radius 2 is 2.22 bits per heavy atom. The monoisotopic (exact) mass is 246 g/mol. The molecule has 0 heterocycles. The maximum absolute atomic E-state index is 11.6. The van der Waals surface area contributed by atoms with Gasteiger partial charge >= 0.3 is 0 Å². The van der Waals surface area contributed by atoms with Crippen molar-refractivity contribution in [3.8, 4) is 11.8 Å². The van der Waals surface area contributed by atoms with Crippen LogP contribution in [0.1, 0.15) is 27.2 Å². The van der Waals surface area contributed by atoms with E-state index >= 15 is 0 Å². The number of nitrogens with zero attached hydrogens (tertiary/aromatic N) is 1. The molecule has 0 bridgehead atoms. The molecule has 0 aliphatic rings. The zero-order valence-electron chi connectivity index (χ0n) is 10.9. The van der Waals surface area contributed by atoms with Crippen LogP contribution in [0.5, 0.6) is 5.75 Å². The Kier molecular flexibility index (Phi) is 5.19. The van der Waals surface area contributed by atoms with Crippen molar-refractivity contribution in [2.45, 2.75) is 33.3 Å². The Labute approximate surface area is 108 Å². The SMILES string of the molecule is CCC(C)Oc1cccc(NC(=O)C(C)C#N)c1. The van der Waals surface area contributed by atoms with Crippen molar-refractivity contribution in [1.29, 1.82) is 5.26 Å². The predicted molar refractivity (Wildman–Crippen MR) is 70.2 cm³/mol. The van der Waals surface area contributed by atoms with Gasteiger partial charge in [0, 0.05) is 11.8 Å². The van der Waals surface area contributed by atoms with Crippen molar-refractivity contribution in [3.05, 3.63) is 24.3 Å². The minimum absolute atomic E-state index is 0.133. The van der Waals surface area contributed by atoms with Crippen LogP contribution in [0, 0.1) is 17.2 Å². The van der Waals surface area contributed by atoms with Crippen molar-refractivity contribution < 1.29 is 9.53 Å². The summed E-state index contributed by atoms with van der Waals surface area (Å²) in [5, 5.41) is 11.3. The van der Waals surface area contributed by atoms with E-state index in [9.17, 15) is 4.79 Å². The Balaban J connectivity index is 2.71. The minimum Gasteiger partial charge on any atom is -0.491 e. The van der Waals surface area contributed by atoms with Crippen LogP contribution in [-0.2, 0) is 4.79 Å². The average molecular weight is 246 g/mol. The van der Waals surface area contributed by atoms with Crippen molar-refractivity contribution in [2.75, 3.05) is 5.32 Å². The molecule has 2 unspecified atom stereocenters. The highest BCUT2D eigenvalue weighted by molar-refractivity contribution is 5.93. The molecule has 0 aromatic heterocycles. The highest BCUT2D eigenvalue weighted by Crippen LogP contribution is 2.19. The molecule has 1 rings (SSSR count). The number of benzene rings is 1. The molecule has 4 nitrogen and oxygen atoms in total. The third-order valence-electron chi connectivity index (χ3n) is 2.60. The van der Waals surface area contributed by atoms with Gasteiger partial charge in [0.25, 0.3) is 0 Å². The van der Waals surface area contributed by atoms with Crippen LogP contribution in [0.25, 0.3) is 0 Å². The molecule has 1 aromatic carbocycles. The molecule has 0 radical (unpaired) electrons. The fraction of sp³-hybridized carbons (Fsp3) is 0.429. The second-order valence-electron chi connectivity index (χ2n) is 4.20. The number of nitrogens with one attached hydrogen (secondary N) is 1. The third kappa shape index (κ3) is 4.10. The molecule has 1 aromatic rings. The van der Waals surface area contributed by atoms with Gasteiger partial charge in [0.05, 0.1) is 12.2 Å². The second kappa shape index (κ2) is 6.65. The lowest BCUT2D eigenvalue weighted by Crippen LogP contribution is -2.19. The molecule has 1 amide bonds. The van der Waals surface area contributed by atoms with E-state index in [1.165, 1.54) is 0 Å². The summed E-state index contributed by atoms with van der Waals surface area (Å²) < 4.78 is 5.66. The summed E-state index contributed by atoms with van der Waals surface area (Å²) in [7, 11) is 0. The highest BCUT2D eigenvalue weighted by atomic mass is 16.5. The van der Waals surface area contributed by atoms with Crippen LogP contribution in [0.4, 0.5) is 5.69 Å². The Morgan fingerprint density at radius 1 is 1.50 bits per heavy atom.